The molecule has 3 heterocycles. The van der Waals surface area contributed by atoms with E-state index in [1.807, 2.05) is 0 Å². The van der Waals surface area contributed by atoms with Crippen molar-refractivity contribution < 1.29 is 9.90 Å². The lowest BCUT2D eigenvalue weighted by Gasteiger charge is -2.26. The third kappa shape index (κ3) is 4.67. The van der Waals surface area contributed by atoms with Crippen LogP contribution in [0.1, 0.15) is 25.7 Å². The number of nitrogens with zero attached hydrogens (tertiary/aromatic N) is 4. The fourth-order valence-corrected chi connectivity index (χ4v) is 3.96. The monoisotopic (exact) mass is 348 g/mol. The molecule has 0 radical (unpaired) electrons. The summed E-state index contributed by atoms with van der Waals surface area (Å²) >= 11 is 0. The molecule has 1 amide bonds. The lowest BCUT2D eigenvalue weighted by atomic mass is 9.96. The number of aromatic nitrogens is 2. The van der Waals surface area contributed by atoms with Crippen molar-refractivity contribution in [3.05, 3.63) is 28.9 Å². The molecule has 2 fully saturated rings. The number of hydrogen-bond donors (Lipinski definition) is 1. The Balaban J connectivity index is 1.59. The summed E-state index contributed by atoms with van der Waals surface area (Å²) in [7, 11) is 0. The maximum Gasteiger partial charge on any atom is 0.347 e. The van der Waals surface area contributed by atoms with Crippen molar-refractivity contribution in [2.75, 3.05) is 39.3 Å². The molecule has 0 unspecified atom stereocenters. The third-order valence-electron chi connectivity index (χ3n) is 5.44. The highest BCUT2D eigenvalue weighted by atomic mass is 16.3. The Labute approximate surface area is 148 Å². The highest BCUT2D eigenvalue weighted by Gasteiger charge is 2.35. The molecule has 3 rings (SSSR count). The Morgan fingerprint density at radius 1 is 1.16 bits per heavy atom. The number of amides is 1. The number of hydrogen-bond acceptors (Lipinski definition) is 5. The molecule has 0 aliphatic carbocycles. The molecule has 1 N–H and O–H groups in total. The van der Waals surface area contributed by atoms with Crippen LogP contribution in [0.4, 0.5) is 0 Å². The Morgan fingerprint density at radius 3 is 2.56 bits per heavy atom. The second-order valence-corrected chi connectivity index (χ2v) is 7.25. The zero-order valence-electron chi connectivity index (χ0n) is 14.7. The van der Waals surface area contributed by atoms with Crippen LogP contribution in [-0.4, -0.2) is 69.7 Å². The van der Waals surface area contributed by atoms with E-state index < -0.39 is 5.69 Å². The van der Waals surface area contributed by atoms with E-state index in [0.29, 0.717) is 19.0 Å². The lowest BCUT2D eigenvalue weighted by Crippen LogP contribution is -2.37. The highest BCUT2D eigenvalue weighted by Crippen LogP contribution is 2.25. The quantitative estimate of drug-likeness (QED) is 0.822. The van der Waals surface area contributed by atoms with Gasteiger partial charge in [-0.3, -0.25) is 9.36 Å². The van der Waals surface area contributed by atoms with Gasteiger partial charge in [-0.05, 0) is 37.9 Å². The van der Waals surface area contributed by atoms with E-state index in [4.69, 9.17) is 0 Å². The summed E-state index contributed by atoms with van der Waals surface area (Å²) < 4.78 is 1.33. The first-order valence-corrected chi connectivity index (χ1v) is 9.30. The maximum absolute atomic E-state index is 12.6. The summed E-state index contributed by atoms with van der Waals surface area (Å²) in [5.74, 6) is 0.349. The van der Waals surface area contributed by atoms with Crippen LogP contribution in [-0.2, 0) is 11.3 Å². The molecule has 0 bridgehead atoms. The molecule has 1 aromatic rings. The van der Waals surface area contributed by atoms with Gasteiger partial charge in [-0.2, -0.15) is 0 Å². The molecule has 0 saturated carbocycles. The van der Waals surface area contributed by atoms with Crippen molar-refractivity contribution >= 4 is 5.91 Å². The smallest absolute Gasteiger partial charge is 0.347 e. The first-order valence-electron chi connectivity index (χ1n) is 9.30. The van der Waals surface area contributed by atoms with Crippen LogP contribution in [0.2, 0.25) is 0 Å². The predicted octanol–water partition coefficient (Wildman–Crippen LogP) is 0.186. The summed E-state index contributed by atoms with van der Waals surface area (Å²) in [4.78, 5) is 32.2. The van der Waals surface area contributed by atoms with E-state index in [0.717, 1.165) is 19.6 Å². The van der Waals surface area contributed by atoms with E-state index in [9.17, 15) is 14.7 Å². The van der Waals surface area contributed by atoms with Crippen LogP contribution >= 0.6 is 0 Å². The second kappa shape index (κ2) is 8.58. The number of carbonyl (C=O) groups excluding carboxylic acids is 1. The van der Waals surface area contributed by atoms with Crippen LogP contribution in [0.15, 0.2) is 23.3 Å². The van der Waals surface area contributed by atoms with Gasteiger partial charge >= 0.3 is 5.69 Å². The van der Waals surface area contributed by atoms with Crippen LogP contribution in [0.25, 0.3) is 0 Å². The van der Waals surface area contributed by atoms with Gasteiger partial charge in [0.15, 0.2) is 0 Å². The van der Waals surface area contributed by atoms with Crippen molar-refractivity contribution in [1.82, 2.24) is 19.4 Å². The van der Waals surface area contributed by atoms with Crippen LogP contribution < -0.4 is 5.69 Å². The van der Waals surface area contributed by atoms with Gasteiger partial charge in [-0.1, -0.05) is 12.8 Å². The van der Waals surface area contributed by atoms with E-state index >= 15 is 0 Å². The fourth-order valence-electron chi connectivity index (χ4n) is 3.96. The van der Waals surface area contributed by atoms with Crippen LogP contribution in [0.5, 0.6) is 0 Å². The summed E-state index contributed by atoms with van der Waals surface area (Å²) in [5.41, 5.74) is -0.408. The minimum atomic E-state index is -0.408. The van der Waals surface area contributed by atoms with E-state index in [-0.39, 0.29) is 25.0 Å². The number of aliphatic hydroxyl groups is 1. The minimum absolute atomic E-state index is 0.0151. The van der Waals surface area contributed by atoms with Crippen molar-refractivity contribution in [3.63, 3.8) is 0 Å². The zero-order chi connectivity index (χ0) is 17.6. The molecule has 7 heteroatoms. The first kappa shape index (κ1) is 18.1. The molecule has 138 valence electrons. The summed E-state index contributed by atoms with van der Waals surface area (Å²) in [6.07, 6.45) is 8.09. The molecule has 2 aliphatic rings. The Hall–Kier alpha value is -1.73. The van der Waals surface area contributed by atoms with Gasteiger partial charge in [0.1, 0.15) is 6.54 Å². The molecule has 0 aromatic carbocycles. The Kier molecular flexibility index (Phi) is 6.20. The Bertz CT molecular complexity index is 625. The van der Waals surface area contributed by atoms with E-state index in [2.05, 4.69) is 9.88 Å². The van der Waals surface area contributed by atoms with E-state index in [1.165, 1.54) is 36.4 Å². The topological polar surface area (TPSA) is 78.7 Å². The number of rotatable bonds is 5. The molecular formula is C18H28N4O3. The molecule has 7 nitrogen and oxygen atoms in total. The van der Waals surface area contributed by atoms with Crippen molar-refractivity contribution in [3.8, 4) is 0 Å². The molecule has 0 spiro atoms. The van der Waals surface area contributed by atoms with Crippen molar-refractivity contribution in [2.45, 2.75) is 32.2 Å². The molecule has 2 aliphatic heterocycles. The Morgan fingerprint density at radius 2 is 1.88 bits per heavy atom. The van der Waals surface area contributed by atoms with Crippen LogP contribution in [0, 0.1) is 11.8 Å². The fraction of sp³-hybridized carbons (Fsp3) is 0.722. The average molecular weight is 348 g/mol. The van der Waals surface area contributed by atoms with Gasteiger partial charge in [0.25, 0.3) is 0 Å². The molecule has 2 saturated heterocycles. The van der Waals surface area contributed by atoms with Crippen molar-refractivity contribution in [1.29, 1.82) is 0 Å². The third-order valence-corrected chi connectivity index (χ3v) is 5.44. The first-order chi connectivity index (χ1) is 12.2. The second-order valence-electron chi connectivity index (χ2n) is 7.25. The van der Waals surface area contributed by atoms with Gasteiger partial charge < -0.3 is 14.9 Å². The summed E-state index contributed by atoms with van der Waals surface area (Å²) in [6, 6.07) is 1.65. The normalized spacial score (nSPS) is 25.1. The van der Waals surface area contributed by atoms with Crippen molar-refractivity contribution in [2.24, 2.45) is 11.8 Å². The average Bonchev–Trinajstić information content (AvgIpc) is 2.84. The van der Waals surface area contributed by atoms with E-state index in [1.54, 1.807) is 17.2 Å². The molecular weight excluding hydrogens is 320 g/mol. The lowest BCUT2D eigenvalue weighted by molar-refractivity contribution is -0.131. The number of likely N-dealkylation sites (tertiary alicyclic amines) is 2. The molecule has 25 heavy (non-hydrogen) atoms. The van der Waals surface area contributed by atoms with Gasteiger partial charge in [-0.25, -0.2) is 9.78 Å². The SMILES string of the molecule is O=C(Cn1cccnc1=O)N1C[C@@H](CN2CCCCCC2)[C@@H](CO)C1. The zero-order valence-corrected chi connectivity index (χ0v) is 14.7. The largest absolute Gasteiger partial charge is 0.396 e. The van der Waals surface area contributed by atoms with Gasteiger partial charge in [0, 0.05) is 44.6 Å². The van der Waals surface area contributed by atoms with Crippen LogP contribution in [0.3, 0.4) is 0 Å². The predicted molar refractivity (Wildman–Crippen MR) is 94.1 cm³/mol. The van der Waals surface area contributed by atoms with Gasteiger partial charge in [-0.15, -0.1) is 0 Å². The summed E-state index contributed by atoms with van der Waals surface area (Å²) in [5, 5.41) is 9.73. The number of aliphatic hydroxyl groups excluding tert-OH is 1. The number of carbonyl (C=O) groups is 1. The van der Waals surface area contributed by atoms with Gasteiger partial charge in [0.2, 0.25) is 5.91 Å². The maximum atomic E-state index is 12.6. The summed E-state index contributed by atoms with van der Waals surface area (Å²) in [6.45, 7) is 4.54. The standard InChI is InChI=1S/C18H28N4O3/c23-14-16-12-22(17(24)13-21-9-5-6-19-18(21)25)11-15(16)10-20-7-3-1-2-4-8-20/h5-6,9,15-16,23H,1-4,7-8,10-14H2/t15-,16-/m1/s1. The molecule has 2 atom stereocenters. The minimum Gasteiger partial charge on any atom is -0.396 e. The highest BCUT2D eigenvalue weighted by molar-refractivity contribution is 5.76. The van der Waals surface area contributed by atoms with Gasteiger partial charge in [0.05, 0.1) is 0 Å². The molecule has 1 aromatic heterocycles.